The first-order chi connectivity index (χ1) is 8.13. The highest BCUT2D eigenvalue weighted by molar-refractivity contribution is 5.56. The van der Waals surface area contributed by atoms with Gasteiger partial charge in [0.1, 0.15) is 11.6 Å². The predicted molar refractivity (Wildman–Crippen MR) is 64.1 cm³/mol. The third-order valence-corrected chi connectivity index (χ3v) is 2.86. The van der Waals surface area contributed by atoms with Crippen LogP contribution in [0.15, 0.2) is 24.3 Å². The van der Waals surface area contributed by atoms with Crippen LogP contribution < -0.4 is 0 Å². The Labute approximate surface area is 99.5 Å². The number of aromatic nitrogens is 2. The van der Waals surface area contributed by atoms with Crippen molar-refractivity contribution in [3.8, 4) is 11.4 Å². The van der Waals surface area contributed by atoms with Gasteiger partial charge in [0.2, 0.25) is 0 Å². The fourth-order valence-electron chi connectivity index (χ4n) is 1.98. The molecular formula is C13H15FN2O. The molecule has 1 aromatic carbocycles. The fraction of sp³-hybridized carbons (Fsp3) is 0.308. The molecule has 0 saturated heterocycles. The van der Waals surface area contributed by atoms with E-state index in [9.17, 15) is 4.39 Å². The number of halogens is 1. The van der Waals surface area contributed by atoms with Gasteiger partial charge in [0.15, 0.2) is 0 Å². The third kappa shape index (κ3) is 2.22. The SMILES string of the molecule is Cc1nc(-c2ccc(F)cc2)n(C)c1CCO. The minimum absolute atomic E-state index is 0.100. The van der Waals surface area contributed by atoms with Crippen molar-refractivity contribution in [2.24, 2.45) is 7.05 Å². The molecule has 0 spiro atoms. The Bertz CT molecular complexity index is 517. The second-order valence-electron chi connectivity index (χ2n) is 4.01. The van der Waals surface area contributed by atoms with Crippen LogP contribution in [0.25, 0.3) is 11.4 Å². The van der Waals surface area contributed by atoms with Gasteiger partial charge in [-0.3, -0.25) is 0 Å². The molecule has 0 aliphatic heterocycles. The second-order valence-corrected chi connectivity index (χ2v) is 4.01. The maximum Gasteiger partial charge on any atom is 0.140 e. The van der Waals surface area contributed by atoms with Crippen molar-refractivity contribution < 1.29 is 9.50 Å². The average molecular weight is 234 g/mol. The van der Waals surface area contributed by atoms with Crippen molar-refractivity contribution in [1.82, 2.24) is 9.55 Å². The number of aryl methyl sites for hydroxylation is 1. The quantitative estimate of drug-likeness (QED) is 0.882. The van der Waals surface area contributed by atoms with Crippen LogP contribution >= 0.6 is 0 Å². The maximum atomic E-state index is 12.8. The zero-order valence-electron chi connectivity index (χ0n) is 9.94. The summed E-state index contributed by atoms with van der Waals surface area (Å²) >= 11 is 0. The van der Waals surface area contributed by atoms with E-state index < -0.39 is 0 Å². The Hall–Kier alpha value is -1.68. The molecule has 2 aromatic rings. The van der Waals surface area contributed by atoms with Crippen molar-refractivity contribution in [3.05, 3.63) is 41.5 Å². The molecule has 0 radical (unpaired) electrons. The minimum Gasteiger partial charge on any atom is -0.396 e. The van der Waals surface area contributed by atoms with E-state index in [0.29, 0.717) is 6.42 Å². The molecule has 4 heteroatoms. The number of benzene rings is 1. The van der Waals surface area contributed by atoms with Gasteiger partial charge in [0.25, 0.3) is 0 Å². The molecule has 1 aromatic heterocycles. The van der Waals surface area contributed by atoms with Gasteiger partial charge in [-0.15, -0.1) is 0 Å². The Morgan fingerprint density at radius 1 is 1.29 bits per heavy atom. The van der Waals surface area contributed by atoms with Gasteiger partial charge >= 0.3 is 0 Å². The molecule has 1 N–H and O–H groups in total. The molecule has 0 saturated carbocycles. The van der Waals surface area contributed by atoms with Gasteiger partial charge in [0.05, 0.1) is 5.69 Å². The molecule has 0 aliphatic rings. The van der Waals surface area contributed by atoms with Gasteiger partial charge in [-0.1, -0.05) is 0 Å². The molecule has 0 aliphatic carbocycles. The van der Waals surface area contributed by atoms with Crippen LogP contribution in [0.4, 0.5) is 4.39 Å². The summed E-state index contributed by atoms with van der Waals surface area (Å²) in [4.78, 5) is 4.46. The summed E-state index contributed by atoms with van der Waals surface area (Å²) in [5.74, 6) is 0.543. The van der Waals surface area contributed by atoms with Crippen molar-refractivity contribution in [3.63, 3.8) is 0 Å². The minimum atomic E-state index is -0.254. The highest BCUT2D eigenvalue weighted by Crippen LogP contribution is 2.21. The number of aliphatic hydroxyl groups is 1. The molecule has 0 bridgehead atoms. The number of nitrogens with zero attached hydrogens (tertiary/aromatic N) is 2. The van der Waals surface area contributed by atoms with Crippen molar-refractivity contribution in [1.29, 1.82) is 0 Å². The monoisotopic (exact) mass is 234 g/mol. The van der Waals surface area contributed by atoms with E-state index >= 15 is 0 Å². The molecule has 0 atom stereocenters. The topological polar surface area (TPSA) is 38.0 Å². The highest BCUT2D eigenvalue weighted by Gasteiger charge is 2.12. The third-order valence-electron chi connectivity index (χ3n) is 2.86. The smallest absolute Gasteiger partial charge is 0.140 e. The molecule has 1 heterocycles. The first kappa shape index (κ1) is 11.8. The van der Waals surface area contributed by atoms with E-state index in [1.807, 2.05) is 18.5 Å². The average Bonchev–Trinajstić information content (AvgIpc) is 2.59. The molecule has 3 nitrogen and oxygen atoms in total. The van der Waals surface area contributed by atoms with Crippen LogP contribution in [0.5, 0.6) is 0 Å². The number of hydrogen-bond acceptors (Lipinski definition) is 2. The molecule has 0 fully saturated rings. The Kier molecular flexibility index (Phi) is 3.24. The van der Waals surface area contributed by atoms with Crippen LogP contribution in [-0.2, 0) is 13.5 Å². The van der Waals surface area contributed by atoms with E-state index in [-0.39, 0.29) is 12.4 Å². The van der Waals surface area contributed by atoms with Crippen LogP contribution in [0, 0.1) is 12.7 Å². The van der Waals surface area contributed by atoms with E-state index in [1.54, 1.807) is 12.1 Å². The molecule has 0 unspecified atom stereocenters. The lowest BCUT2D eigenvalue weighted by Crippen LogP contribution is -2.02. The normalized spacial score (nSPS) is 10.8. The highest BCUT2D eigenvalue weighted by atomic mass is 19.1. The summed E-state index contributed by atoms with van der Waals surface area (Å²) in [7, 11) is 1.91. The molecule has 0 amide bonds. The molecule has 17 heavy (non-hydrogen) atoms. The zero-order chi connectivity index (χ0) is 12.4. The summed E-state index contributed by atoms with van der Waals surface area (Å²) in [5, 5.41) is 8.99. The summed E-state index contributed by atoms with van der Waals surface area (Å²) in [5.41, 5.74) is 2.79. The van der Waals surface area contributed by atoms with E-state index in [4.69, 9.17) is 5.11 Å². The summed E-state index contributed by atoms with van der Waals surface area (Å²) in [6.07, 6.45) is 0.580. The Balaban J connectivity index is 2.46. The second kappa shape index (κ2) is 4.67. The van der Waals surface area contributed by atoms with Gasteiger partial charge in [-0.2, -0.15) is 0 Å². The van der Waals surface area contributed by atoms with Crippen LogP contribution in [-0.4, -0.2) is 21.3 Å². The van der Waals surface area contributed by atoms with Gasteiger partial charge in [-0.25, -0.2) is 9.37 Å². The van der Waals surface area contributed by atoms with Crippen LogP contribution in [0.2, 0.25) is 0 Å². The number of imidazole rings is 1. The number of rotatable bonds is 3. The van der Waals surface area contributed by atoms with Gasteiger partial charge < -0.3 is 9.67 Å². The summed E-state index contributed by atoms with van der Waals surface area (Å²) in [6.45, 7) is 2.02. The number of aliphatic hydroxyl groups excluding tert-OH is 1. The van der Waals surface area contributed by atoms with Gasteiger partial charge in [0, 0.05) is 31.3 Å². The van der Waals surface area contributed by atoms with Crippen molar-refractivity contribution in [2.75, 3.05) is 6.61 Å². The van der Waals surface area contributed by atoms with Crippen LogP contribution in [0.1, 0.15) is 11.4 Å². The van der Waals surface area contributed by atoms with Crippen molar-refractivity contribution >= 4 is 0 Å². The van der Waals surface area contributed by atoms with Crippen LogP contribution in [0.3, 0.4) is 0 Å². The molecule has 90 valence electrons. The lowest BCUT2D eigenvalue weighted by atomic mass is 10.2. The van der Waals surface area contributed by atoms with E-state index in [0.717, 1.165) is 22.8 Å². The van der Waals surface area contributed by atoms with Gasteiger partial charge in [-0.05, 0) is 31.2 Å². The Morgan fingerprint density at radius 3 is 2.53 bits per heavy atom. The summed E-state index contributed by atoms with van der Waals surface area (Å²) < 4.78 is 14.8. The Morgan fingerprint density at radius 2 is 1.94 bits per heavy atom. The van der Waals surface area contributed by atoms with E-state index in [2.05, 4.69) is 4.98 Å². The van der Waals surface area contributed by atoms with E-state index in [1.165, 1.54) is 12.1 Å². The summed E-state index contributed by atoms with van der Waals surface area (Å²) in [6, 6.07) is 6.26. The fourth-order valence-corrected chi connectivity index (χ4v) is 1.98. The molecular weight excluding hydrogens is 219 g/mol. The van der Waals surface area contributed by atoms with Crippen molar-refractivity contribution in [2.45, 2.75) is 13.3 Å². The standard InChI is InChI=1S/C13H15FN2O/c1-9-12(7-8-17)16(2)13(15-9)10-3-5-11(14)6-4-10/h3-6,17H,7-8H2,1-2H3. The lowest BCUT2D eigenvalue weighted by molar-refractivity contribution is 0.296. The first-order valence-corrected chi connectivity index (χ1v) is 5.52. The molecule has 2 rings (SSSR count). The maximum absolute atomic E-state index is 12.8. The predicted octanol–water partition coefficient (Wildman–Crippen LogP) is 2.07. The largest absolute Gasteiger partial charge is 0.396 e. The lowest BCUT2D eigenvalue weighted by Gasteiger charge is -2.05. The zero-order valence-corrected chi connectivity index (χ0v) is 9.94. The number of hydrogen-bond donors (Lipinski definition) is 1. The first-order valence-electron chi connectivity index (χ1n) is 5.52.